The van der Waals surface area contributed by atoms with Crippen molar-refractivity contribution in [3.8, 4) is 16.2 Å². The van der Waals surface area contributed by atoms with E-state index in [2.05, 4.69) is 18.8 Å². The highest BCUT2D eigenvalue weighted by Gasteiger charge is 2.07. The van der Waals surface area contributed by atoms with Gasteiger partial charge in [-0.1, -0.05) is 78.1 Å². The fraction of sp³-hybridized carbons (Fsp3) is 0.615. The molecule has 1 heterocycles. The number of thiazole rings is 1. The Bertz CT molecular complexity index is 708. The summed E-state index contributed by atoms with van der Waals surface area (Å²) in [6.07, 6.45) is 18.6. The number of ether oxygens (including phenoxy) is 1. The van der Waals surface area contributed by atoms with Crippen molar-refractivity contribution in [3.05, 3.63) is 35.5 Å². The molecule has 0 atom stereocenters. The van der Waals surface area contributed by atoms with E-state index >= 15 is 0 Å². The summed E-state index contributed by atoms with van der Waals surface area (Å²) in [5, 5.41) is 1.22. The van der Waals surface area contributed by atoms with E-state index < -0.39 is 0 Å². The molecule has 0 bridgehead atoms. The van der Waals surface area contributed by atoms with Gasteiger partial charge in [-0.15, -0.1) is 11.3 Å². The Balaban J connectivity index is 1.69. The molecule has 166 valence electrons. The van der Waals surface area contributed by atoms with Crippen molar-refractivity contribution in [2.45, 2.75) is 104 Å². The molecular formula is C26H39NO2S. The predicted molar refractivity (Wildman–Crippen MR) is 128 cm³/mol. The molecule has 1 aromatic carbocycles. The number of carbonyl (C=O) groups excluding carboxylic acids is 1. The summed E-state index contributed by atoms with van der Waals surface area (Å²) in [4.78, 5) is 17.7. The molecule has 2 rings (SSSR count). The van der Waals surface area contributed by atoms with Crippen molar-refractivity contribution in [2.75, 3.05) is 0 Å². The van der Waals surface area contributed by atoms with Gasteiger partial charge in [0.15, 0.2) is 0 Å². The smallest absolute Gasteiger partial charge is 0.311 e. The molecule has 2 aromatic rings. The second-order valence-electron chi connectivity index (χ2n) is 8.15. The fourth-order valence-electron chi connectivity index (χ4n) is 3.54. The first-order chi connectivity index (χ1) is 14.7. The molecule has 0 spiro atoms. The van der Waals surface area contributed by atoms with Gasteiger partial charge in [-0.05, 0) is 49.1 Å². The molecule has 0 N–H and O–H groups in total. The Hall–Kier alpha value is -1.68. The third kappa shape index (κ3) is 9.88. The van der Waals surface area contributed by atoms with Gasteiger partial charge in [-0.3, -0.25) is 4.79 Å². The van der Waals surface area contributed by atoms with E-state index in [4.69, 9.17) is 4.74 Å². The van der Waals surface area contributed by atoms with Crippen LogP contribution in [0.3, 0.4) is 0 Å². The number of hydrogen-bond acceptors (Lipinski definition) is 4. The largest absolute Gasteiger partial charge is 0.427 e. The van der Waals surface area contributed by atoms with Gasteiger partial charge in [0.25, 0.3) is 0 Å². The Kier molecular flexibility index (Phi) is 12.4. The van der Waals surface area contributed by atoms with Crippen LogP contribution in [0.2, 0.25) is 0 Å². The molecule has 3 nitrogen and oxygen atoms in total. The van der Waals surface area contributed by atoms with Crippen molar-refractivity contribution in [1.29, 1.82) is 0 Å². The van der Waals surface area contributed by atoms with Crippen LogP contribution in [-0.4, -0.2) is 11.0 Å². The van der Waals surface area contributed by atoms with Crippen LogP contribution in [-0.2, 0) is 11.2 Å². The molecule has 0 fully saturated rings. The van der Waals surface area contributed by atoms with Gasteiger partial charge in [0, 0.05) is 12.6 Å². The molecule has 0 saturated carbocycles. The summed E-state index contributed by atoms with van der Waals surface area (Å²) in [5.41, 5.74) is 1.14. The summed E-state index contributed by atoms with van der Waals surface area (Å²) < 4.78 is 5.45. The SMILES string of the molecule is CCCCCCCCCCc1ncc(-c2ccc(OC(=O)CCCCCC)cc2)s1. The first-order valence-corrected chi connectivity index (χ1v) is 12.8. The van der Waals surface area contributed by atoms with Gasteiger partial charge < -0.3 is 4.74 Å². The number of aromatic nitrogens is 1. The van der Waals surface area contributed by atoms with E-state index in [1.165, 1.54) is 74.1 Å². The van der Waals surface area contributed by atoms with E-state index in [0.29, 0.717) is 12.2 Å². The maximum atomic E-state index is 11.9. The number of carbonyl (C=O) groups is 1. The number of unbranched alkanes of at least 4 members (excludes halogenated alkanes) is 10. The summed E-state index contributed by atoms with van der Waals surface area (Å²) in [7, 11) is 0. The Labute approximate surface area is 187 Å². The van der Waals surface area contributed by atoms with Gasteiger partial charge in [0.05, 0.1) is 9.88 Å². The highest BCUT2D eigenvalue weighted by Crippen LogP contribution is 2.28. The molecule has 0 aliphatic carbocycles. The molecule has 4 heteroatoms. The highest BCUT2D eigenvalue weighted by atomic mass is 32.1. The van der Waals surface area contributed by atoms with Gasteiger partial charge in [0.1, 0.15) is 5.75 Å². The molecule has 30 heavy (non-hydrogen) atoms. The van der Waals surface area contributed by atoms with E-state index in [1.54, 1.807) is 11.3 Å². The quantitative estimate of drug-likeness (QED) is 0.153. The van der Waals surface area contributed by atoms with Crippen molar-refractivity contribution in [1.82, 2.24) is 4.98 Å². The minimum absolute atomic E-state index is 0.135. The van der Waals surface area contributed by atoms with Crippen LogP contribution in [0.4, 0.5) is 0 Å². The second kappa shape index (κ2) is 15.2. The number of rotatable bonds is 16. The molecule has 0 saturated heterocycles. The highest BCUT2D eigenvalue weighted by molar-refractivity contribution is 7.15. The third-order valence-electron chi connectivity index (χ3n) is 5.40. The number of benzene rings is 1. The molecule has 0 radical (unpaired) electrons. The van der Waals surface area contributed by atoms with Gasteiger partial charge >= 0.3 is 5.97 Å². The molecule has 0 aliphatic rings. The minimum Gasteiger partial charge on any atom is -0.427 e. The molecular weight excluding hydrogens is 390 g/mol. The van der Waals surface area contributed by atoms with Crippen molar-refractivity contribution in [3.63, 3.8) is 0 Å². The average molecular weight is 430 g/mol. The third-order valence-corrected chi connectivity index (χ3v) is 6.51. The number of hydrogen-bond donors (Lipinski definition) is 0. The Morgan fingerprint density at radius 3 is 2.10 bits per heavy atom. The zero-order valence-corrected chi connectivity index (χ0v) is 19.8. The van der Waals surface area contributed by atoms with Crippen molar-refractivity contribution >= 4 is 17.3 Å². The lowest BCUT2D eigenvalue weighted by Gasteiger charge is -2.05. The lowest BCUT2D eigenvalue weighted by molar-refractivity contribution is -0.134. The van der Waals surface area contributed by atoms with E-state index in [1.807, 2.05) is 30.5 Å². The van der Waals surface area contributed by atoms with Gasteiger partial charge in [-0.25, -0.2) is 4.98 Å². The minimum atomic E-state index is -0.135. The van der Waals surface area contributed by atoms with Gasteiger partial charge in [0.2, 0.25) is 0 Å². The molecule has 0 aliphatic heterocycles. The molecule has 1 aromatic heterocycles. The van der Waals surface area contributed by atoms with Crippen LogP contribution in [0, 0.1) is 0 Å². The first kappa shape index (κ1) is 24.6. The van der Waals surface area contributed by atoms with Crippen molar-refractivity contribution in [2.24, 2.45) is 0 Å². The molecule has 0 unspecified atom stereocenters. The lowest BCUT2D eigenvalue weighted by Crippen LogP contribution is -2.07. The van der Waals surface area contributed by atoms with Crippen LogP contribution < -0.4 is 4.74 Å². The van der Waals surface area contributed by atoms with Gasteiger partial charge in [-0.2, -0.15) is 0 Å². The predicted octanol–water partition coefficient (Wildman–Crippen LogP) is 8.37. The molecule has 0 amide bonds. The van der Waals surface area contributed by atoms with Crippen LogP contribution >= 0.6 is 11.3 Å². The zero-order chi connectivity index (χ0) is 21.4. The van der Waals surface area contributed by atoms with E-state index in [0.717, 1.165) is 24.8 Å². The van der Waals surface area contributed by atoms with Crippen LogP contribution in [0.1, 0.15) is 102 Å². The summed E-state index contributed by atoms with van der Waals surface area (Å²) in [5.74, 6) is 0.493. The topological polar surface area (TPSA) is 39.2 Å². The summed E-state index contributed by atoms with van der Waals surface area (Å²) >= 11 is 1.78. The zero-order valence-electron chi connectivity index (χ0n) is 19.0. The Morgan fingerprint density at radius 2 is 1.43 bits per heavy atom. The maximum Gasteiger partial charge on any atom is 0.311 e. The number of aryl methyl sites for hydroxylation is 1. The average Bonchev–Trinajstić information content (AvgIpc) is 3.23. The first-order valence-electron chi connectivity index (χ1n) is 12.0. The van der Waals surface area contributed by atoms with E-state index in [-0.39, 0.29) is 5.97 Å². The normalized spacial score (nSPS) is 11.0. The lowest BCUT2D eigenvalue weighted by atomic mass is 10.1. The number of esters is 1. The standard InChI is InChI=1S/C26H39NO2S/c1-3-5-7-9-10-11-12-13-15-25-27-21-24(30-25)22-17-19-23(20-18-22)29-26(28)16-14-8-6-4-2/h17-21H,3-16H2,1-2H3. The van der Waals surface area contributed by atoms with Crippen molar-refractivity contribution < 1.29 is 9.53 Å². The maximum absolute atomic E-state index is 11.9. The van der Waals surface area contributed by atoms with Crippen LogP contribution in [0.25, 0.3) is 10.4 Å². The monoisotopic (exact) mass is 429 g/mol. The van der Waals surface area contributed by atoms with Crippen LogP contribution in [0.15, 0.2) is 30.5 Å². The fourth-order valence-corrected chi connectivity index (χ4v) is 4.50. The van der Waals surface area contributed by atoms with E-state index in [9.17, 15) is 4.79 Å². The number of nitrogens with zero attached hydrogens (tertiary/aromatic N) is 1. The second-order valence-corrected chi connectivity index (χ2v) is 9.27. The Morgan fingerprint density at radius 1 is 0.833 bits per heavy atom. The summed E-state index contributed by atoms with van der Waals surface area (Å²) in [6, 6.07) is 7.81. The van der Waals surface area contributed by atoms with Crippen LogP contribution in [0.5, 0.6) is 5.75 Å². The summed E-state index contributed by atoms with van der Waals surface area (Å²) in [6.45, 7) is 4.43.